The van der Waals surface area contributed by atoms with Gasteiger partial charge in [-0.25, -0.2) is 13.4 Å². The van der Waals surface area contributed by atoms with Crippen molar-refractivity contribution in [3.05, 3.63) is 10.6 Å². The van der Waals surface area contributed by atoms with Crippen molar-refractivity contribution in [1.29, 1.82) is 0 Å². The van der Waals surface area contributed by atoms with Gasteiger partial charge in [-0.3, -0.25) is 0 Å². The van der Waals surface area contributed by atoms with Crippen molar-refractivity contribution < 1.29 is 8.42 Å². The number of aromatic nitrogens is 1. The van der Waals surface area contributed by atoms with Crippen LogP contribution in [0.25, 0.3) is 0 Å². The fourth-order valence-corrected chi connectivity index (χ4v) is 3.37. The van der Waals surface area contributed by atoms with E-state index in [2.05, 4.69) is 25.8 Å². The van der Waals surface area contributed by atoms with Crippen molar-refractivity contribution in [3.63, 3.8) is 0 Å². The van der Waals surface area contributed by atoms with Gasteiger partial charge in [0.1, 0.15) is 9.84 Å². The number of hydrogen-bond acceptors (Lipinski definition) is 6. The second-order valence-electron chi connectivity index (χ2n) is 5.77. The minimum absolute atomic E-state index is 0.0544. The molecule has 0 unspecified atom stereocenters. The topological polar surface area (TPSA) is 76.3 Å². The molecule has 0 atom stereocenters. The highest BCUT2D eigenvalue weighted by molar-refractivity contribution is 7.90. The summed E-state index contributed by atoms with van der Waals surface area (Å²) in [6.07, 6.45) is 1.24. The first-order chi connectivity index (χ1) is 8.54. The van der Waals surface area contributed by atoms with Crippen molar-refractivity contribution in [3.8, 4) is 0 Å². The molecular weight excluding hydrogens is 282 g/mol. The van der Waals surface area contributed by atoms with Crippen LogP contribution in [0.2, 0.25) is 0 Å². The van der Waals surface area contributed by atoms with E-state index in [1.54, 1.807) is 11.3 Å². The molecule has 0 aliphatic heterocycles. The van der Waals surface area contributed by atoms with Crippen LogP contribution in [0.1, 0.15) is 31.3 Å². The predicted molar refractivity (Wildman–Crippen MR) is 81.7 cm³/mol. The van der Waals surface area contributed by atoms with Crippen LogP contribution in [0.15, 0.2) is 0 Å². The standard InChI is InChI=1S/C12H23N3O2S2/c1-12(2,3)10-9(8-13)18-11(14-10)15(4)6-7-19(5,16)17/h6-8,13H2,1-5H3. The third-order valence-corrected chi connectivity index (χ3v) is 4.82. The minimum Gasteiger partial charge on any atom is -0.350 e. The lowest BCUT2D eigenvalue weighted by molar-refractivity contribution is 0.566. The highest BCUT2D eigenvalue weighted by Crippen LogP contribution is 2.33. The smallest absolute Gasteiger partial charge is 0.185 e. The lowest BCUT2D eigenvalue weighted by atomic mass is 9.91. The van der Waals surface area contributed by atoms with Crippen LogP contribution in [-0.2, 0) is 21.8 Å². The van der Waals surface area contributed by atoms with E-state index < -0.39 is 9.84 Å². The van der Waals surface area contributed by atoms with Crippen molar-refractivity contribution in [2.24, 2.45) is 5.73 Å². The molecule has 19 heavy (non-hydrogen) atoms. The molecule has 0 radical (unpaired) electrons. The molecular formula is C12H23N3O2S2. The van der Waals surface area contributed by atoms with Crippen LogP contribution < -0.4 is 10.6 Å². The van der Waals surface area contributed by atoms with Gasteiger partial charge in [-0.1, -0.05) is 20.8 Å². The Hall–Kier alpha value is -0.660. The fourth-order valence-electron chi connectivity index (χ4n) is 1.63. The Bertz CT molecular complexity index is 530. The van der Waals surface area contributed by atoms with Gasteiger partial charge in [0.25, 0.3) is 0 Å². The zero-order valence-corrected chi connectivity index (χ0v) is 13.9. The molecule has 0 aliphatic rings. The molecule has 0 fully saturated rings. The molecule has 0 spiro atoms. The van der Waals surface area contributed by atoms with E-state index in [1.165, 1.54) is 6.26 Å². The maximum atomic E-state index is 11.2. The Morgan fingerprint density at radius 2 is 1.95 bits per heavy atom. The van der Waals surface area contributed by atoms with Gasteiger partial charge in [-0.05, 0) is 0 Å². The summed E-state index contributed by atoms with van der Waals surface area (Å²) in [5.74, 6) is 0.131. The fraction of sp³-hybridized carbons (Fsp3) is 0.750. The van der Waals surface area contributed by atoms with Gasteiger partial charge >= 0.3 is 0 Å². The first-order valence-electron chi connectivity index (χ1n) is 6.13. The summed E-state index contributed by atoms with van der Waals surface area (Å²) < 4.78 is 22.4. The summed E-state index contributed by atoms with van der Waals surface area (Å²) >= 11 is 1.54. The first kappa shape index (κ1) is 16.4. The van der Waals surface area contributed by atoms with Crippen LogP contribution in [0, 0.1) is 0 Å². The summed E-state index contributed by atoms with van der Waals surface area (Å²) in [5, 5.41) is 0.828. The van der Waals surface area contributed by atoms with Crippen LogP contribution in [0.5, 0.6) is 0 Å². The largest absolute Gasteiger partial charge is 0.350 e. The quantitative estimate of drug-likeness (QED) is 0.889. The summed E-state index contributed by atoms with van der Waals surface area (Å²) in [4.78, 5) is 7.56. The second-order valence-corrected chi connectivity index (χ2v) is 9.10. The molecule has 0 aliphatic carbocycles. The first-order valence-corrected chi connectivity index (χ1v) is 9.01. The molecule has 0 bridgehead atoms. The molecule has 110 valence electrons. The van der Waals surface area contributed by atoms with E-state index in [0.717, 1.165) is 15.7 Å². The summed E-state index contributed by atoms with van der Waals surface area (Å²) in [7, 11) is -1.10. The van der Waals surface area contributed by atoms with Crippen LogP contribution in [0.3, 0.4) is 0 Å². The van der Waals surface area contributed by atoms with Gasteiger partial charge in [0.15, 0.2) is 5.13 Å². The van der Waals surface area contributed by atoms with Gasteiger partial charge in [0.05, 0.1) is 11.4 Å². The number of nitrogens with two attached hydrogens (primary N) is 1. The van der Waals surface area contributed by atoms with E-state index in [1.807, 2.05) is 11.9 Å². The molecule has 7 heteroatoms. The average Bonchev–Trinajstić information content (AvgIpc) is 2.68. The van der Waals surface area contributed by atoms with Crippen molar-refractivity contribution >= 4 is 26.3 Å². The zero-order chi connectivity index (χ0) is 14.8. The van der Waals surface area contributed by atoms with Crippen LogP contribution in [-0.4, -0.2) is 39.0 Å². The highest BCUT2D eigenvalue weighted by atomic mass is 32.2. The molecule has 1 aromatic heterocycles. The van der Waals surface area contributed by atoms with Gasteiger partial charge in [0, 0.05) is 36.7 Å². The monoisotopic (exact) mass is 305 g/mol. The third kappa shape index (κ3) is 4.74. The van der Waals surface area contributed by atoms with Gasteiger partial charge in [-0.15, -0.1) is 11.3 Å². The Balaban J connectivity index is 2.93. The van der Waals surface area contributed by atoms with Crippen molar-refractivity contribution in [1.82, 2.24) is 4.98 Å². The van der Waals surface area contributed by atoms with E-state index in [-0.39, 0.29) is 11.2 Å². The minimum atomic E-state index is -2.95. The van der Waals surface area contributed by atoms with Gasteiger partial charge < -0.3 is 10.6 Å². The van der Waals surface area contributed by atoms with E-state index in [9.17, 15) is 8.42 Å². The molecule has 2 N–H and O–H groups in total. The lowest BCUT2D eigenvalue weighted by Gasteiger charge is -2.18. The third-order valence-electron chi connectivity index (χ3n) is 2.71. The SMILES string of the molecule is CN(CCS(C)(=O)=O)c1nc(C(C)(C)C)c(CN)s1. The molecule has 1 aromatic rings. The van der Waals surface area contributed by atoms with Crippen LogP contribution in [0.4, 0.5) is 5.13 Å². The Morgan fingerprint density at radius 1 is 1.37 bits per heavy atom. The van der Waals surface area contributed by atoms with E-state index >= 15 is 0 Å². The highest BCUT2D eigenvalue weighted by Gasteiger charge is 2.23. The normalized spacial score (nSPS) is 12.7. The predicted octanol–water partition coefficient (Wildman–Crippen LogP) is 1.38. The maximum Gasteiger partial charge on any atom is 0.185 e. The van der Waals surface area contributed by atoms with E-state index in [0.29, 0.717) is 13.1 Å². The number of nitrogens with zero attached hydrogens (tertiary/aromatic N) is 2. The molecule has 0 saturated carbocycles. The Morgan fingerprint density at radius 3 is 2.32 bits per heavy atom. The van der Waals surface area contributed by atoms with Gasteiger partial charge in [-0.2, -0.15) is 0 Å². The number of anilines is 1. The second kappa shape index (κ2) is 5.76. The summed E-state index contributed by atoms with van der Waals surface area (Å²) in [6, 6.07) is 0. The molecule has 0 aromatic carbocycles. The molecule has 1 rings (SSSR count). The van der Waals surface area contributed by atoms with Crippen molar-refractivity contribution in [2.75, 3.05) is 30.5 Å². The summed E-state index contributed by atoms with van der Waals surface area (Å²) in [5.41, 5.74) is 6.71. The molecule has 0 saturated heterocycles. The molecule has 5 nitrogen and oxygen atoms in total. The van der Waals surface area contributed by atoms with Gasteiger partial charge in [0.2, 0.25) is 0 Å². The zero-order valence-electron chi connectivity index (χ0n) is 12.2. The van der Waals surface area contributed by atoms with Crippen LogP contribution >= 0.6 is 11.3 Å². The maximum absolute atomic E-state index is 11.2. The molecule has 0 amide bonds. The lowest BCUT2D eigenvalue weighted by Crippen LogP contribution is -2.25. The van der Waals surface area contributed by atoms with Crippen molar-refractivity contribution in [2.45, 2.75) is 32.7 Å². The number of hydrogen-bond donors (Lipinski definition) is 1. The average molecular weight is 305 g/mol. The number of rotatable bonds is 5. The number of sulfone groups is 1. The Kier molecular flexibility index (Phi) is 4.97. The van der Waals surface area contributed by atoms with E-state index in [4.69, 9.17) is 5.73 Å². The Labute approximate surface area is 119 Å². The summed E-state index contributed by atoms with van der Waals surface area (Å²) in [6.45, 7) is 7.20. The molecule has 1 heterocycles. The number of thiazole rings is 1.